The Morgan fingerprint density at radius 1 is 0.926 bits per heavy atom. The van der Waals surface area contributed by atoms with Crippen molar-refractivity contribution in [3.63, 3.8) is 0 Å². The number of pyridine rings is 1. The van der Waals surface area contributed by atoms with E-state index in [0.717, 1.165) is 23.3 Å². The van der Waals surface area contributed by atoms with E-state index in [1.54, 1.807) is 18.3 Å². The minimum atomic E-state index is -4.35. The molecule has 2 heterocycles. The van der Waals surface area contributed by atoms with Gasteiger partial charge in [-0.3, -0.25) is 0 Å². The first-order chi connectivity index (χ1) is 13.0. The van der Waals surface area contributed by atoms with Gasteiger partial charge in [0.05, 0.1) is 5.56 Å². The van der Waals surface area contributed by atoms with Crippen LogP contribution in [0.1, 0.15) is 11.1 Å². The molecule has 0 atom stereocenters. The SMILES string of the molecule is FC(F)(F)c1cccc(CNc2ccc(-c3ccc4c(c3)OCO4)cn2)c1. The van der Waals surface area contributed by atoms with Crippen LogP contribution in [-0.4, -0.2) is 11.8 Å². The van der Waals surface area contributed by atoms with Crippen molar-refractivity contribution >= 4 is 5.82 Å². The number of benzene rings is 2. The van der Waals surface area contributed by atoms with Crippen molar-refractivity contribution in [2.45, 2.75) is 12.7 Å². The van der Waals surface area contributed by atoms with Crippen molar-refractivity contribution < 1.29 is 22.6 Å². The van der Waals surface area contributed by atoms with Crippen LogP contribution in [0.15, 0.2) is 60.8 Å². The minimum Gasteiger partial charge on any atom is -0.454 e. The van der Waals surface area contributed by atoms with Gasteiger partial charge in [-0.15, -0.1) is 0 Å². The molecule has 138 valence electrons. The molecule has 0 fully saturated rings. The van der Waals surface area contributed by atoms with E-state index in [1.807, 2.05) is 24.3 Å². The third-order valence-corrected chi connectivity index (χ3v) is 4.20. The largest absolute Gasteiger partial charge is 0.454 e. The number of nitrogens with zero attached hydrogens (tertiary/aromatic N) is 1. The Balaban J connectivity index is 1.44. The molecule has 0 saturated carbocycles. The standard InChI is InChI=1S/C20H15F3N2O2/c21-20(22,23)16-3-1-2-13(8-16)10-24-19-7-5-15(11-25-19)14-4-6-17-18(9-14)27-12-26-17/h1-9,11H,10,12H2,(H,24,25). The van der Waals surface area contributed by atoms with Crippen molar-refractivity contribution in [3.05, 3.63) is 71.9 Å². The van der Waals surface area contributed by atoms with Crippen molar-refractivity contribution in [1.82, 2.24) is 4.98 Å². The van der Waals surface area contributed by atoms with Gasteiger partial charge in [-0.25, -0.2) is 4.98 Å². The zero-order valence-electron chi connectivity index (χ0n) is 14.1. The highest BCUT2D eigenvalue weighted by atomic mass is 19.4. The van der Waals surface area contributed by atoms with Crippen LogP contribution in [0.4, 0.5) is 19.0 Å². The zero-order chi connectivity index (χ0) is 18.9. The molecule has 4 nitrogen and oxygen atoms in total. The highest BCUT2D eigenvalue weighted by Gasteiger charge is 2.30. The number of hydrogen-bond acceptors (Lipinski definition) is 4. The van der Waals surface area contributed by atoms with Gasteiger partial charge >= 0.3 is 6.18 Å². The quantitative estimate of drug-likeness (QED) is 0.691. The molecule has 2 aromatic carbocycles. The topological polar surface area (TPSA) is 43.4 Å². The second-order valence-electron chi connectivity index (χ2n) is 6.05. The lowest BCUT2D eigenvalue weighted by Gasteiger charge is -2.10. The number of nitrogens with one attached hydrogen (secondary N) is 1. The lowest BCUT2D eigenvalue weighted by atomic mass is 10.1. The highest BCUT2D eigenvalue weighted by Crippen LogP contribution is 2.36. The van der Waals surface area contributed by atoms with Gasteiger partial charge in [0, 0.05) is 18.3 Å². The molecule has 1 aromatic heterocycles. The summed E-state index contributed by atoms with van der Waals surface area (Å²) >= 11 is 0. The van der Waals surface area contributed by atoms with E-state index in [-0.39, 0.29) is 13.3 Å². The van der Waals surface area contributed by atoms with Gasteiger partial charge in [0.2, 0.25) is 6.79 Å². The molecule has 1 aliphatic rings. The molecular weight excluding hydrogens is 357 g/mol. The van der Waals surface area contributed by atoms with Crippen molar-refractivity contribution in [1.29, 1.82) is 0 Å². The van der Waals surface area contributed by atoms with Gasteiger partial charge in [0.15, 0.2) is 11.5 Å². The van der Waals surface area contributed by atoms with E-state index in [2.05, 4.69) is 10.3 Å². The number of aromatic nitrogens is 1. The van der Waals surface area contributed by atoms with Gasteiger partial charge in [0.25, 0.3) is 0 Å². The fourth-order valence-corrected chi connectivity index (χ4v) is 2.80. The summed E-state index contributed by atoms with van der Waals surface area (Å²) in [5.41, 5.74) is 1.72. The summed E-state index contributed by atoms with van der Waals surface area (Å²) in [6.07, 6.45) is -2.65. The smallest absolute Gasteiger partial charge is 0.416 e. The van der Waals surface area contributed by atoms with Gasteiger partial charge in [0.1, 0.15) is 5.82 Å². The summed E-state index contributed by atoms with van der Waals surface area (Å²) < 4.78 is 49.0. The molecule has 1 N–H and O–H groups in total. The average Bonchev–Trinajstić information content (AvgIpc) is 3.14. The van der Waals surface area contributed by atoms with Gasteiger partial charge < -0.3 is 14.8 Å². The monoisotopic (exact) mass is 372 g/mol. The molecule has 0 unspecified atom stereocenters. The van der Waals surface area contributed by atoms with Gasteiger partial charge in [-0.05, 0) is 47.5 Å². The molecule has 1 aliphatic heterocycles. The number of hydrogen-bond donors (Lipinski definition) is 1. The molecule has 27 heavy (non-hydrogen) atoms. The van der Waals surface area contributed by atoms with E-state index >= 15 is 0 Å². The lowest BCUT2D eigenvalue weighted by Crippen LogP contribution is -2.07. The van der Waals surface area contributed by atoms with Crippen LogP contribution < -0.4 is 14.8 Å². The van der Waals surface area contributed by atoms with Gasteiger partial charge in [-0.1, -0.05) is 18.2 Å². The Morgan fingerprint density at radius 3 is 2.52 bits per heavy atom. The van der Waals surface area contributed by atoms with E-state index in [9.17, 15) is 13.2 Å². The van der Waals surface area contributed by atoms with Crippen LogP contribution >= 0.6 is 0 Å². The summed E-state index contributed by atoms with van der Waals surface area (Å²) in [7, 11) is 0. The Labute approximate surface area is 153 Å². The highest BCUT2D eigenvalue weighted by molar-refractivity contribution is 5.67. The fourth-order valence-electron chi connectivity index (χ4n) is 2.80. The molecule has 0 saturated heterocycles. The normalized spacial score (nSPS) is 12.9. The van der Waals surface area contributed by atoms with E-state index in [4.69, 9.17) is 9.47 Å². The number of halogens is 3. The number of rotatable bonds is 4. The molecule has 4 rings (SSSR count). The third-order valence-electron chi connectivity index (χ3n) is 4.20. The van der Waals surface area contributed by atoms with Crippen molar-refractivity contribution in [2.24, 2.45) is 0 Å². The predicted molar refractivity (Wildman–Crippen MR) is 94.6 cm³/mol. The second kappa shape index (κ2) is 6.83. The van der Waals surface area contributed by atoms with Crippen molar-refractivity contribution in [3.8, 4) is 22.6 Å². The van der Waals surface area contributed by atoms with Crippen LogP contribution in [0.2, 0.25) is 0 Å². The molecule has 3 aromatic rings. The Kier molecular flexibility index (Phi) is 4.35. The summed E-state index contributed by atoms with van der Waals surface area (Å²) in [6.45, 7) is 0.468. The summed E-state index contributed by atoms with van der Waals surface area (Å²) in [5.74, 6) is 1.99. The Morgan fingerprint density at radius 2 is 1.74 bits per heavy atom. The second-order valence-corrected chi connectivity index (χ2v) is 6.05. The molecule has 0 radical (unpaired) electrons. The number of ether oxygens (including phenoxy) is 2. The summed E-state index contributed by atoms with van der Waals surface area (Å²) in [5, 5.41) is 3.04. The van der Waals surface area contributed by atoms with Gasteiger partial charge in [-0.2, -0.15) is 13.2 Å². The Hall–Kier alpha value is -3.22. The van der Waals surface area contributed by atoms with Crippen LogP contribution in [0, 0.1) is 0 Å². The number of anilines is 1. The molecule has 0 spiro atoms. The maximum absolute atomic E-state index is 12.8. The maximum Gasteiger partial charge on any atom is 0.416 e. The first-order valence-corrected chi connectivity index (χ1v) is 8.25. The zero-order valence-corrected chi connectivity index (χ0v) is 14.1. The molecule has 0 bridgehead atoms. The lowest BCUT2D eigenvalue weighted by molar-refractivity contribution is -0.137. The Bertz CT molecular complexity index is 956. The van der Waals surface area contributed by atoms with E-state index in [0.29, 0.717) is 22.9 Å². The first-order valence-electron chi connectivity index (χ1n) is 8.25. The average molecular weight is 372 g/mol. The number of alkyl halides is 3. The van der Waals surface area contributed by atoms with Crippen LogP contribution in [0.25, 0.3) is 11.1 Å². The minimum absolute atomic E-state index is 0.218. The number of fused-ring (bicyclic) bond motifs is 1. The van der Waals surface area contributed by atoms with Crippen LogP contribution in [0.5, 0.6) is 11.5 Å². The van der Waals surface area contributed by atoms with Crippen LogP contribution in [-0.2, 0) is 12.7 Å². The van der Waals surface area contributed by atoms with E-state index < -0.39 is 11.7 Å². The molecule has 7 heteroatoms. The molecule has 0 aliphatic carbocycles. The summed E-state index contributed by atoms with van der Waals surface area (Å²) in [4.78, 5) is 4.33. The predicted octanol–water partition coefficient (Wildman–Crippen LogP) is 5.11. The maximum atomic E-state index is 12.8. The van der Waals surface area contributed by atoms with Crippen LogP contribution in [0.3, 0.4) is 0 Å². The van der Waals surface area contributed by atoms with Crippen molar-refractivity contribution in [2.75, 3.05) is 12.1 Å². The third kappa shape index (κ3) is 3.81. The van der Waals surface area contributed by atoms with E-state index in [1.165, 1.54) is 6.07 Å². The summed E-state index contributed by atoms with van der Waals surface area (Å²) in [6, 6.07) is 14.6. The molecule has 0 amide bonds. The fraction of sp³-hybridized carbons (Fsp3) is 0.150. The first kappa shape index (κ1) is 17.2. The molecular formula is C20H15F3N2O2.